The fourth-order valence-corrected chi connectivity index (χ4v) is 3.08. The zero-order valence-electron chi connectivity index (χ0n) is 14.5. The molecule has 1 fully saturated rings. The average Bonchev–Trinajstić information content (AvgIpc) is 2.62. The molecular formula is C19H28N2O3. The third-order valence-corrected chi connectivity index (χ3v) is 4.46. The van der Waals surface area contributed by atoms with Crippen molar-refractivity contribution in [2.75, 3.05) is 13.2 Å². The minimum atomic E-state index is -0.576. The average molecular weight is 332 g/mol. The lowest BCUT2D eigenvalue weighted by Gasteiger charge is -2.21. The number of benzene rings is 1. The highest BCUT2D eigenvalue weighted by atomic mass is 16.5. The van der Waals surface area contributed by atoms with Crippen molar-refractivity contribution < 1.29 is 14.3 Å². The summed E-state index contributed by atoms with van der Waals surface area (Å²) in [6, 6.07) is 7.48. The molecular weight excluding hydrogens is 304 g/mol. The molecule has 0 aliphatic heterocycles. The van der Waals surface area contributed by atoms with Gasteiger partial charge in [0.25, 0.3) is 0 Å². The third-order valence-electron chi connectivity index (χ3n) is 4.46. The Bertz CT molecular complexity index is 522. The fraction of sp³-hybridized carbons (Fsp3) is 0.579. The first-order chi connectivity index (χ1) is 11.7. The van der Waals surface area contributed by atoms with E-state index in [1.807, 2.05) is 31.2 Å². The number of hydrogen-bond acceptors (Lipinski definition) is 3. The Balaban J connectivity index is 1.64. The molecule has 0 unspecified atom stereocenters. The standard InChI is InChI=1S/C19H28N2O3/c1-2-24-17-10-8-16(9-11-17)14-21-19(23)18(22)20-13-12-15-6-4-3-5-7-15/h8-11,15H,2-7,12-14H2,1H3,(H,20,22)(H,21,23). The van der Waals surface area contributed by atoms with Gasteiger partial charge in [-0.2, -0.15) is 0 Å². The zero-order chi connectivity index (χ0) is 17.2. The van der Waals surface area contributed by atoms with E-state index in [0.717, 1.165) is 17.7 Å². The van der Waals surface area contributed by atoms with Gasteiger partial charge in [-0.1, -0.05) is 44.2 Å². The highest BCUT2D eigenvalue weighted by Crippen LogP contribution is 2.25. The van der Waals surface area contributed by atoms with E-state index in [9.17, 15) is 9.59 Å². The lowest BCUT2D eigenvalue weighted by Crippen LogP contribution is -2.40. The summed E-state index contributed by atoms with van der Waals surface area (Å²) in [5.74, 6) is 0.378. The molecule has 0 heterocycles. The van der Waals surface area contributed by atoms with Gasteiger partial charge in [0.05, 0.1) is 6.61 Å². The van der Waals surface area contributed by atoms with Crippen molar-refractivity contribution in [2.45, 2.75) is 52.0 Å². The first-order valence-corrected chi connectivity index (χ1v) is 8.96. The summed E-state index contributed by atoms with van der Waals surface area (Å²) in [6.07, 6.45) is 7.39. The van der Waals surface area contributed by atoms with E-state index in [2.05, 4.69) is 10.6 Å². The first kappa shape index (κ1) is 18.3. The van der Waals surface area contributed by atoms with Crippen LogP contribution in [0.25, 0.3) is 0 Å². The Morgan fingerprint density at radius 2 is 1.71 bits per heavy atom. The molecule has 0 saturated heterocycles. The van der Waals surface area contributed by atoms with E-state index in [4.69, 9.17) is 4.74 Å². The van der Waals surface area contributed by atoms with Crippen LogP contribution < -0.4 is 15.4 Å². The van der Waals surface area contributed by atoms with Crippen LogP contribution in [-0.4, -0.2) is 25.0 Å². The summed E-state index contributed by atoms with van der Waals surface area (Å²) in [4.78, 5) is 23.6. The van der Waals surface area contributed by atoms with Crippen LogP contribution in [0.1, 0.15) is 51.0 Å². The van der Waals surface area contributed by atoms with Gasteiger partial charge in [0.15, 0.2) is 0 Å². The number of carbonyl (C=O) groups is 2. The van der Waals surface area contributed by atoms with Crippen molar-refractivity contribution >= 4 is 11.8 Å². The van der Waals surface area contributed by atoms with Crippen molar-refractivity contribution in [3.8, 4) is 5.75 Å². The Morgan fingerprint density at radius 1 is 1.04 bits per heavy atom. The normalized spacial score (nSPS) is 14.9. The number of ether oxygens (including phenoxy) is 1. The number of amides is 2. The molecule has 0 aromatic heterocycles. The molecule has 1 aliphatic rings. The summed E-state index contributed by atoms with van der Waals surface area (Å²) < 4.78 is 5.37. The van der Waals surface area contributed by atoms with E-state index >= 15 is 0 Å². The molecule has 0 radical (unpaired) electrons. The van der Waals surface area contributed by atoms with Crippen molar-refractivity contribution in [1.82, 2.24) is 10.6 Å². The molecule has 1 saturated carbocycles. The zero-order valence-corrected chi connectivity index (χ0v) is 14.5. The van der Waals surface area contributed by atoms with E-state index < -0.39 is 11.8 Å². The van der Waals surface area contributed by atoms with Gasteiger partial charge in [-0.25, -0.2) is 0 Å². The molecule has 2 N–H and O–H groups in total. The topological polar surface area (TPSA) is 67.4 Å². The SMILES string of the molecule is CCOc1ccc(CNC(=O)C(=O)NCCC2CCCCC2)cc1. The molecule has 1 aromatic carbocycles. The predicted molar refractivity (Wildman–Crippen MR) is 93.7 cm³/mol. The van der Waals surface area contributed by atoms with Gasteiger partial charge in [-0.3, -0.25) is 9.59 Å². The van der Waals surface area contributed by atoms with Crippen LogP contribution >= 0.6 is 0 Å². The molecule has 132 valence electrons. The van der Waals surface area contributed by atoms with Gasteiger partial charge < -0.3 is 15.4 Å². The Labute approximate surface area is 144 Å². The second-order valence-electron chi connectivity index (χ2n) is 6.31. The summed E-state index contributed by atoms with van der Waals surface area (Å²) >= 11 is 0. The Hall–Kier alpha value is -2.04. The van der Waals surface area contributed by atoms with Crippen molar-refractivity contribution in [1.29, 1.82) is 0 Å². The minimum Gasteiger partial charge on any atom is -0.494 e. The number of carbonyl (C=O) groups excluding carboxylic acids is 2. The first-order valence-electron chi connectivity index (χ1n) is 8.96. The fourth-order valence-electron chi connectivity index (χ4n) is 3.08. The highest BCUT2D eigenvalue weighted by Gasteiger charge is 2.16. The van der Waals surface area contributed by atoms with Crippen LogP contribution in [-0.2, 0) is 16.1 Å². The molecule has 2 rings (SSSR count). The van der Waals surface area contributed by atoms with Gasteiger partial charge in [-0.05, 0) is 37.0 Å². The maximum atomic E-state index is 11.8. The van der Waals surface area contributed by atoms with Crippen LogP contribution in [0.2, 0.25) is 0 Å². The molecule has 24 heavy (non-hydrogen) atoms. The van der Waals surface area contributed by atoms with E-state index in [-0.39, 0.29) is 0 Å². The molecule has 1 aliphatic carbocycles. The van der Waals surface area contributed by atoms with Crippen LogP contribution in [0, 0.1) is 5.92 Å². The molecule has 0 spiro atoms. The summed E-state index contributed by atoms with van der Waals surface area (Å²) in [7, 11) is 0. The lowest BCUT2D eigenvalue weighted by molar-refractivity contribution is -0.139. The number of hydrogen-bond donors (Lipinski definition) is 2. The summed E-state index contributed by atoms with van der Waals surface area (Å²) in [5, 5.41) is 5.37. The Morgan fingerprint density at radius 3 is 2.38 bits per heavy atom. The van der Waals surface area contributed by atoms with Gasteiger partial charge in [0.1, 0.15) is 5.75 Å². The third kappa shape index (κ3) is 6.22. The second kappa shape index (κ2) is 9.96. The molecule has 2 amide bonds. The van der Waals surface area contributed by atoms with Crippen molar-refractivity contribution in [3.05, 3.63) is 29.8 Å². The maximum absolute atomic E-state index is 11.8. The van der Waals surface area contributed by atoms with E-state index in [1.165, 1.54) is 32.1 Å². The van der Waals surface area contributed by atoms with Gasteiger partial charge in [0.2, 0.25) is 0 Å². The monoisotopic (exact) mass is 332 g/mol. The van der Waals surface area contributed by atoms with E-state index in [0.29, 0.717) is 25.6 Å². The summed E-state index contributed by atoms with van der Waals surface area (Å²) in [6.45, 7) is 3.47. The quantitative estimate of drug-likeness (QED) is 0.755. The second-order valence-corrected chi connectivity index (χ2v) is 6.31. The van der Waals surface area contributed by atoms with E-state index in [1.54, 1.807) is 0 Å². The Kier molecular flexibility index (Phi) is 7.59. The minimum absolute atomic E-state index is 0.335. The van der Waals surface area contributed by atoms with Crippen molar-refractivity contribution in [3.63, 3.8) is 0 Å². The maximum Gasteiger partial charge on any atom is 0.309 e. The summed E-state index contributed by atoms with van der Waals surface area (Å²) in [5.41, 5.74) is 0.932. The highest BCUT2D eigenvalue weighted by molar-refractivity contribution is 6.35. The molecule has 1 aromatic rings. The molecule has 0 bridgehead atoms. The van der Waals surface area contributed by atoms with Crippen LogP contribution in [0.5, 0.6) is 5.75 Å². The van der Waals surface area contributed by atoms with Gasteiger partial charge >= 0.3 is 11.8 Å². The van der Waals surface area contributed by atoms with Gasteiger partial charge in [-0.15, -0.1) is 0 Å². The lowest BCUT2D eigenvalue weighted by atomic mass is 9.87. The van der Waals surface area contributed by atoms with Crippen LogP contribution in [0.3, 0.4) is 0 Å². The molecule has 0 atom stereocenters. The number of nitrogens with one attached hydrogen (secondary N) is 2. The van der Waals surface area contributed by atoms with Crippen molar-refractivity contribution in [2.24, 2.45) is 5.92 Å². The smallest absolute Gasteiger partial charge is 0.309 e. The molecule has 5 nitrogen and oxygen atoms in total. The largest absolute Gasteiger partial charge is 0.494 e. The predicted octanol–water partition coefficient (Wildman–Crippen LogP) is 2.79. The van der Waals surface area contributed by atoms with Gasteiger partial charge in [0, 0.05) is 13.1 Å². The van der Waals surface area contributed by atoms with Crippen LogP contribution in [0.15, 0.2) is 24.3 Å². The molecule has 5 heteroatoms. The number of rotatable bonds is 7. The van der Waals surface area contributed by atoms with Crippen LogP contribution in [0.4, 0.5) is 0 Å².